The Morgan fingerprint density at radius 3 is 2.73 bits per heavy atom. The molecular formula is C11H15NO3. The molecule has 0 spiro atoms. The molecule has 0 unspecified atom stereocenters. The van der Waals surface area contributed by atoms with Gasteiger partial charge in [-0.05, 0) is 32.9 Å². The highest BCUT2D eigenvalue weighted by atomic mass is 16.6. The van der Waals surface area contributed by atoms with E-state index in [1.54, 1.807) is 39.0 Å². The van der Waals surface area contributed by atoms with Crippen LogP contribution < -0.4 is 5.32 Å². The maximum atomic E-state index is 11.3. The molecule has 1 aromatic rings. The number of nitrogens with one attached hydrogen (secondary N) is 1. The molecule has 0 saturated carbocycles. The first kappa shape index (κ1) is 11.4. The van der Waals surface area contributed by atoms with Gasteiger partial charge in [0.2, 0.25) is 0 Å². The summed E-state index contributed by atoms with van der Waals surface area (Å²) in [6.07, 6.45) is -0.679. The van der Waals surface area contributed by atoms with Crippen LogP contribution in [0, 0.1) is 6.92 Å². The maximum absolute atomic E-state index is 11.3. The van der Waals surface area contributed by atoms with Gasteiger partial charge in [0.1, 0.15) is 5.75 Å². The van der Waals surface area contributed by atoms with Gasteiger partial charge < -0.3 is 9.84 Å². The Labute approximate surface area is 88.9 Å². The predicted octanol–water partition coefficient (Wildman–Crippen LogP) is 2.66. The van der Waals surface area contributed by atoms with Crippen molar-refractivity contribution in [2.24, 2.45) is 0 Å². The largest absolute Gasteiger partial charge is 0.508 e. The van der Waals surface area contributed by atoms with Crippen LogP contribution in [0.4, 0.5) is 10.5 Å². The van der Waals surface area contributed by atoms with Crippen molar-refractivity contribution >= 4 is 11.8 Å². The number of benzene rings is 1. The predicted molar refractivity (Wildman–Crippen MR) is 58.1 cm³/mol. The molecule has 0 saturated heterocycles. The van der Waals surface area contributed by atoms with Gasteiger partial charge in [0.25, 0.3) is 0 Å². The molecule has 0 radical (unpaired) electrons. The molecule has 82 valence electrons. The third kappa shape index (κ3) is 3.16. The lowest BCUT2D eigenvalue weighted by Crippen LogP contribution is -2.18. The van der Waals surface area contributed by atoms with E-state index in [1.165, 1.54) is 0 Å². The normalized spacial score (nSPS) is 10.1. The molecule has 4 heteroatoms. The third-order valence-corrected chi connectivity index (χ3v) is 1.88. The number of amides is 1. The van der Waals surface area contributed by atoms with Gasteiger partial charge in [0, 0.05) is 5.56 Å². The molecule has 0 heterocycles. The summed E-state index contributed by atoms with van der Waals surface area (Å²) in [5.41, 5.74) is 1.18. The molecule has 2 N–H and O–H groups in total. The maximum Gasteiger partial charge on any atom is 0.411 e. The lowest BCUT2D eigenvalue weighted by atomic mass is 10.2. The summed E-state index contributed by atoms with van der Waals surface area (Å²) >= 11 is 0. The van der Waals surface area contributed by atoms with Crippen molar-refractivity contribution in [3.8, 4) is 5.75 Å². The standard InChI is InChI=1S/C11H15NO3/c1-7(2)15-11(14)12-9-5-4-6-10(13)8(9)3/h4-7,13H,1-3H3,(H,12,14). The van der Waals surface area contributed by atoms with Crippen LogP contribution in [-0.4, -0.2) is 17.3 Å². The number of aromatic hydroxyl groups is 1. The van der Waals surface area contributed by atoms with E-state index in [9.17, 15) is 9.90 Å². The zero-order chi connectivity index (χ0) is 11.4. The minimum atomic E-state index is -0.515. The summed E-state index contributed by atoms with van der Waals surface area (Å²) in [7, 11) is 0. The van der Waals surface area contributed by atoms with Crippen LogP contribution in [0.25, 0.3) is 0 Å². The summed E-state index contributed by atoms with van der Waals surface area (Å²) in [5.74, 6) is 0.150. The SMILES string of the molecule is Cc1c(O)cccc1NC(=O)OC(C)C. The third-order valence-electron chi connectivity index (χ3n) is 1.88. The first-order chi connectivity index (χ1) is 7.00. The molecular weight excluding hydrogens is 194 g/mol. The van der Waals surface area contributed by atoms with Gasteiger partial charge in [-0.25, -0.2) is 4.79 Å². The van der Waals surface area contributed by atoms with Gasteiger partial charge in [-0.1, -0.05) is 6.07 Å². The Balaban J connectivity index is 2.73. The molecule has 0 bridgehead atoms. The van der Waals surface area contributed by atoms with E-state index in [-0.39, 0.29) is 11.9 Å². The number of hydrogen-bond acceptors (Lipinski definition) is 3. The number of hydrogen-bond donors (Lipinski definition) is 2. The highest BCUT2D eigenvalue weighted by molar-refractivity contribution is 5.86. The van der Waals surface area contributed by atoms with E-state index < -0.39 is 6.09 Å². The van der Waals surface area contributed by atoms with Crippen molar-refractivity contribution in [2.45, 2.75) is 26.9 Å². The van der Waals surface area contributed by atoms with Crippen molar-refractivity contribution in [3.63, 3.8) is 0 Å². The fraction of sp³-hybridized carbons (Fsp3) is 0.364. The molecule has 4 nitrogen and oxygen atoms in total. The van der Waals surface area contributed by atoms with Crippen LogP contribution >= 0.6 is 0 Å². The molecule has 0 fully saturated rings. The smallest absolute Gasteiger partial charge is 0.411 e. The molecule has 1 aromatic carbocycles. The number of rotatable bonds is 2. The van der Waals surface area contributed by atoms with Gasteiger partial charge in [-0.2, -0.15) is 0 Å². The van der Waals surface area contributed by atoms with E-state index >= 15 is 0 Å². The number of anilines is 1. The van der Waals surface area contributed by atoms with E-state index in [1.807, 2.05) is 0 Å². The molecule has 1 rings (SSSR count). The van der Waals surface area contributed by atoms with Gasteiger partial charge in [-0.3, -0.25) is 5.32 Å². The number of carbonyl (C=O) groups excluding carboxylic acids is 1. The first-order valence-corrected chi connectivity index (χ1v) is 4.77. The lowest BCUT2D eigenvalue weighted by molar-refractivity contribution is 0.130. The highest BCUT2D eigenvalue weighted by Crippen LogP contribution is 2.23. The summed E-state index contributed by atoms with van der Waals surface area (Å²) in [5, 5.41) is 12.0. The minimum Gasteiger partial charge on any atom is -0.508 e. The van der Waals surface area contributed by atoms with Crippen molar-refractivity contribution in [3.05, 3.63) is 23.8 Å². The average Bonchev–Trinajstić information content (AvgIpc) is 2.11. The molecule has 0 aliphatic rings. The van der Waals surface area contributed by atoms with Crippen molar-refractivity contribution in [1.82, 2.24) is 0 Å². The Morgan fingerprint density at radius 1 is 1.47 bits per heavy atom. The van der Waals surface area contributed by atoms with Crippen molar-refractivity contribution in [2.75, 3.05) is 5.32 Å². The zero-order valence-corrected chi connectivity index (χ0v) is 9.07. The van der Waals surface area contributed by atoms with Crippen LogP contribution in [0.15, 0.2) is 18.2 Å². The Hall–Kier alpha value is -1.71. The van der Waals surface area contributed by atoms with Gasteiger partial charge >= 0.3 is 6.09 Å². The summed E-state index contributed by atoms with van der Waals surface area (Å²) in [4.78, 5) is 11.3. The molecule has 0 aliphatic carbocycles. The van der Waals surface area contributed by atoms with E-state index in [2.05, 4.69) is 5.32 Å². The van der Waals surface area contributed by atoms with Crippen molar-refractivity contribution in [1.29, 1.82) is 0 Å². The molecule has 0 aliphatic heterocycles. The quantitative estimate of drug-likeness (QED) is 0.787. The van der Waals surface area contributed by atoms with Crippen LogP contribution in [0.1, 0.15) is 19.4 Å². The monoisotopic (exact) mass is 209 g/mol. The topological polar surface area (TPSA) is 58.6 Å². The second-order valence-electron chi connectivity index (χ2n) is 3.53. The molecule has 15 heavy (non-hydrogen) atoms. The number of phenols is 1. The molecule has 0 aromatic heterocycles. The fourth-order valence-corrected chi connectivity index (χ4v) is 1.11. The first-order valence-electron chi connectivity index (χ1n) is 4.77. The summed E-state index contributed by atoms with van der Waals surface area (Å²) < 4.78 is 4.92. The van der Waals surface area contributed by atoms with Crippen LogP contribution in [-0.2, 0) is 4.74 Å². The molecule has 0 atom stereocenters. The highest BCUT2D eigenvalue weighted by Gasteiger charge is 2.08. The summed E-state index contributed by atoms with van der Waals surface area (Å²) in [6, 6.07) is 4.93. The van der Waals surface area contributed by atoms with Crippen LogP contribution in [0.5, 0.6) is 5.75 Å². The van der Waals surface area contributed by atoms with Gasteiger partial charge in [-0.15, -0.1) is 0 Å². The zero-order valence-electron chi connectivity index (χ0n) is 9.07. The fourth-order valence-electron chi connectivity index (χ4n) is 1.11. The Kier molecular flexibility index (Phi) is 3.55. The lowest BCUT2D eigenvalue weighted by Gasteiger charge is -2.11. The molecule has 1 amide bonds. The van der Waals surface area contributed by atoms with Gasteiger partial charge in [0.05, 0.1) is 11.8 Å². The number of phenolic OH excluding ortho intramolecular Hbond substituents is 1. The second kappa shape index (κ2) is 4.68. The minimum absolute atomic E-state index is 0.150. The Morgan fingerprint density at radius 2 is 2.13 bits per heavy atom. The number of ether oxygens (including phenoxy) is 1. The van der Waals surface area contributed by atoms with Crippen LogP contribution in [0.3, 0.4) is 0 Å². The van der Waals surface area contributed by atoms with E-state index in [0.717, 1.165) is 0 Å². The van der Waals surface area contributed by atoms with Crippen LogP contribution in [0.2, 0.25) is 0 Å². The van der Waals surface area contributed by atoms with E-state index in [4.69, 9.17) is 4.74 Å². The van der Waals surface area contributed by atoms with E-state index in [0.29, 0.717) is 11.3 Å². The van der Waals surface area contributed by atoms with Crippen molar-refractivity contribution < 1.29 is 14.6 Å². The Bertz CT molecular complexity index is 361. The second-order valence-corrected chi connectivity index (χ2v) is 3.53. The number of carbonyl (C=O) groups is 1. The summed E-state index contributed by atoms with van der Waals surface area (Å²) in [6.45, 7) is 5.27. The average molecular weight is 209 g/mol. The van der Waals surface area contributed by atoms with Gasteiger partial charge in [0.15, 0.2) is 0 Å².